The highest BCUT2D eigenvalue weighted by atomic mass is 32.2. The number of sulfone groups is 1. The third-order valence-corrected chi connectivity index (χ3v) is 7.94. The molecule has 0 saturated carbocycles. The van der Waals surface area contributed by atoms with Crippen molar-refractivity contribution in [1.82, 2.24) is 14.5 Å². The lowest BCUT2D eigenvalue weighted by atomic mass is 9.96. The molecule has 0 spiro atoms. The number of aromatic nitrogens is 2. The average molecular weight is 455 g/mol. The van der Waals surface area contributed by atoms with Crippen molar-refractivity contribution in [2.24, 2.45) is 20.0 Å². The van der Waals surface area contributed by atoms with Gasteiger partial charge in [-0.15, -0.1) is 0 Å². The van der Waals surface area contributed by atoms with Gasteiger partial charge in [0.15, 0.2) is 9.84 Å². The highest BCUT2D eigenvalue weighted by Crippen LogP contribution is 2.43. The minimum atomic E-state index is -3.16. The molecule has 0 radical (unpaired) electrons. The third-order valence-electron chi connectivity index (χ3n) is 7.08. The van der Waals surface area contributed by atoms with E-state index in [-0.39, 0.29) is 11.3 Å². The molecule has 0 bridgehead atoms. The van der Waals surface area contributed by atoms with Crippen molar-refractivity contribution in [3.05, 3.63) is 52.1 Å². The van der Waals surface area contributed by atoms with Crippen LogP contribution in [-0.4, -0.2) is 42.9 Å². The van der Waals surface area contributed by atoms with Crippen molar-refractivity contribution < 1.29 is 8.42 Å². The van der Waals surface area contributed by atoms with Crippen LogP contribution < -0.4 is 15.8 Å². The van der Waals surface area contributed by atoms with E-state index in [4.69, 9.17) is 0 Å². The second kappa shape index (κ2) is 7.49. The number of rotatable bonds is 4. The fraction of sp³-hybridized carbons (Fsp3) is 0.458. The van der Waals surface area contributed by atoms with Gasteiger partial charge in [-0.2, -0.15) is 0 Å². The van der Waals surface area contributed by atoms with Crippen LogP contribution in [0, 0.1) is 5.92 Å². The first-order chi connectivity index (χ1) is 15.1. The Kier molecular flexibility index (Phi) is 4.98. The van der Waals surface area contributed by atoms with E-state index < -0.39 is 9.84 Å². The van der Waals surface area contributed by atoms with Gasteiger partial charge in [-0.05, 0) is 55.6 Å². The normalized spacial score (nSPS) is 19.2. The Balaban J connectivity index is 1.78. The number of benzene rings is 1. The molecular formula is C24H30N4O3S. The molecule has 2 aromatic heterocycles. The molecule has 2 atom stereocenters. The molecule has 2 aliphatic heterocycles. The summed E-state index contributed by atoms with van der Waals surface area (Å²) in [6.07, 6.45) is 6.38. The molecule has 5 rings (SSSR count). The van der Waals surface area contributed by atoms with Crippen molar-refractivity contribution >= 4 is 26.4 Å². The summed E-state index contributed by atoms with van der Waals surface area (Å²) in [4.78, 5) is 15.4. The summed E-state index contributed by atoms with van der Waals surface area (Å²) in [6.45, 7) is 5.03. The standard InChI is InChI=1S/C24H30N4O3S/c1-15(17-7-8-25-10-17)28-12-18-11-26(2)23-22(18)20(13-27(3)24(23)29)19-9-16(5-6-21(19)28)14-32(4,30)31/h5-6,9,11,13,15,17,25H,7-8,10,12,14H2,1-4H3. The Morgan fingerprint density at radius 3 is 2.62 bits per heavy atom. The molecule has 8 heteroatoms. The number of nitrogens with zero attached hydrogens (tertiary/aromatic N) is 3. The fourth-order valence-corrected chi connectivity index (χ4v) is 6.26. The maximum Gasteiger partial charge on any atom is 0.274 e. The highest BCUT2D eigenvalue weighted by molar-refractivity contribution is 7.89. The minimum absolute atomic E-state index is 0.00106. The van der Waals surface area contributed by atoms with Gasteiger partial charge in [-0.25, -0.2) is 8.42 Å². The van der Waals surface area contributed by atoms with Gasteiger partial charge in [-0.1, -0.05) is 6.07 Å². The van der Waals surface area contributed by atoms with Gasteiger partial charge in [0.05, 0.1) is 5.75 Å². The first kappa shape index (κ1) is 21.3. The largest absolute Gasteiger partial charge is 0.364 e. The Labute approximate surface area is 188 Å². The van der Waals surface area contributed by atoms with Crippen LogP contribution in [0.4, 0.5) is 5.69 Å². The molecule has 1 saturated heterocycles. The summed E-state index contributed by atoms with van der Waals surface area (Å²) in [5.41, 5.74) is 5.65. The maximum atomic E-state index is 13.0. The van der Waals surface area contributed by atoms with Crippen molar-refractivity contribution in [3.8, 4) is 11.1 Å². The van der Waals surface area contributed by atoms with Crippen LogP contribution in [0.5, 0.6) is 0 Å². The molecule has 1 fully saturated rings. The van der Waals surface area contributed by atoms with E-state index in [0.29, 0.717) is 24.0 Å². The molecule has 1 aromatic carbocycles. The van der Waals surface area contributed by atoms with E-state index in [9.17, 15) is 13.2 Å². The van der Waals surface area contributed by atoms with Gasteiger partial charge in [0.25, 0.3) is 5.56 Å². The number of hydrogen-bond acceptors (Lipinski definition) is 5. The predicted molar refractivity (Wildman–Crippen MR) is 129 cm³/mol. The van der Waals surface area contributed by atoms with E-state index in [1.54, 1.807) is 11.6 Å². The summed E-state index contributed by atoms with van der Waals surface area (Å²) in [7, 11) is 0.543. The van der Waals surface area contributed by atoms with Crippen LogP contribution in [-0.2, 0) is 36.2 Å². The van der Waals surface area contributed by atoms with Crippen LogP contribution in [0.25, 0.3) is 22.0 Å². The summed E-state index contributed by atoms with van der Waals surface area (Å²) in [6, 6.07) is 6.30. The number of fused-ring (bicyclic) bond motifs is 2. The van der Waals surface area contributed by atoms with E-state index >= 15 is 0 Å². The summed E-state index contributed by atoms with van der Waals surface area (Å²) in [5.74, 6) is 0.531. The number of anilines is 1. The van der Waals surface area contributed by atoms with Crippen molar-refractivity contribution in [2.75, 3.05) is 24.2 Å². The van der Waals surface area contributed by atoms with Crippen molar-refractivity contribution in [2.45, 2.75) is 31.7 Å². The lowest BCUT2D eigenvalue weighted by molar-refractivity contribution is 0.447. The zero-order valence-corrected chi connectivity index (χ0v) is 19.9. The Morgan fingerprint density at radius 1 is 1.16 bits per heavy atom. The Bertz CT molecular complexity index is 1380. The van der Waals surface area contributed by atoms with Crippen LogP contribution in [0.2, 0.25) is 0 Å². The molecule has 2 aliphatic rings. The van der Waals surface area contributed by atoms with Crippen LogP contribution in [0.3, 0.4) is 0 Å². The zero-order valence-electron chi connectivity index (χ0n) is 19.1. The molecule has 4 heterocycles. The maximum absolute atomic E-state index is 13.0. The number of pyridine rings is 1. The second-order valence-corrected chi connectivity index (χ2v) is 11.6. The third kappa shape index (κ3) is 3.46. The zero-order chi connectivity index (χ0) is 22.8. The van der Waals surface area contributed by atoms with Crippen LogP contribution in [0.1, 0.15) is 24.5 Å². The molecular weight excluding hydrogens is 424 g/mol. The lowest BCUT2D eigenvalue weighted by Crippen LogP contribution is -2.39. The Morgan fingerprint density at radius 2 is 1.94 bits per heavy atom. The molecule has 7 nitrogen and oxygen atoms in total. The SMILES string of the molecule is CC(C1CCNC1)N1Cc2cn(C)c3c(=O)n(C)cc(c23)-c2cc(CS(C)(=O)=O)ccc21. The minimum Gasteiger partial charge on any atom is -0.364 e. The number of aryl methyl sites for hydroxylation is 2. The van der Waals surface area contributed by atoms with Crippen LogP contribution in [0.15, 0.2) is 35.4 Å². The summed E-state index contributed by atoms with van der Waals surface area (Å²) in [5, 5.41) is 4.46. The molecule has 0 aliphatic carbocycles. The summed E-state index contributed by atoms with van der Waals surface area (Å²) < 4.78 is 27.6. The molecule has 3 aromatic rings. The molecule has 0 amide bonds. The summed E-state index contributed by atoms with van der Waals surface area (Å²) >= 11 is 0. The van der Waals surface area contributed by atoms with Gasteiger partial charge in [0, 0.05) is 67.5 Å². The smallest absolute Gasteiger partial charge is 0.274 e. The predicted octanol–water partition coefficient (Wildman–Crippen LogP) is 2.41. The van der Waals surface area contributed by atoms with Gasteiger partial charge in [0.2, 0.25) is 0 Å². The topological polar surface area (TPSA) is 76.3 Å². The number of hydrogen-bond donors (Lipinski definition) is 1. The van der Waals surface area contributed by atoms with Gasteiger partial charge >= 0.3 is 0 Å². The average Bonchev–Trinajstić information content (AvgIpc) is 3.33. The molecule has 1 N–H and O–H groups in total. The van der Waals surface area contributed by atoms with Crippen LogP contribution >= 0.6 is 0 Å². The molecule has 170 valence electrons. The molecule has 32 heavy (non-hydrogen) atoms. The van der Waals surface area contributed by atoms with Gasteiger partial charge in [-0.3, -0.25) is 4.79 Å². The highest BCUT2D eigenvalue weighted by Gasteiger charge is 2.32. The van der Waals surface area contributed by atoms with E-state index in [2.05, 4.69) is 29.4 Å². The second-order valence-electron chi connectivity index (χ2n) is 9.49. The Hall–Kier alpha value is -2.58. The van der Waals surface area contributed by atoms with Crippen molar-refractivity contribution in [3.63, 3.8) is 0 Å². The van der Waals surface area contributed by atoms with Gasteiger partial charge in [0.1, 0.15) is 5.52 Å². The monoisotopic (exact) mass is 454 g/mol. The van der Waals surface area contributed by atoms with Gasteiger partial charge < -0.3 is 19.4 Å². The van der Waals surface area contributed by atoms with E-state index in [1.807, 2.05) is 29.9 Å². The first-order valence-corrected chi connectivity index (χ1v) is 13.2. The first-order valence-electron chi connectivity index (χ1n) is 11.1. The van der Waals surface area contributed by atoms with E-state index in [1.165, 1.54) is 6.26 Å². The van der Waals surface area contributed by atoms with Crippen molar-refractivity contribution in [1.29, 1.82) is 0 Å². The molecule has 2 unspecified atom stereocenters. The van der Waals surface area contributed by atoms with E-state index in [0.717, 1.165) is 52.8 Å². The quantitative estimate of drug-likeness (QED) is 0.655. The fourth-order valence-electron chi connectivity index (χ4n) is 5.47. The lowest BCUT2D eigenvalue weighted by Gasteiger charge is -2.35. The number of nitrogens with one attached hydrogen (secondary N) is 1.